The van der Waals surface area contributed by atoms with Gasteiger partial charge in [-0.05, 0) is 19.0 Å². The van der Waals surface area contributed by atoms with Crippen LogP contribution in [0.1, 0.15) is 12.0 Å². The predicted octanol–water partition coefficient (Wildman–Crippen LogP) is 1.32. The Balaban J connectivity index is 2.19. The van der Waals surface area contributed by atoms with E-state index in [1.165, 1.54) is 13.2 Å². The Bertz CT molecular complexity index is 347. The fourth-order valence-corrected chi connectivity index (χ4v) is 1.49. The first-order chi connectivity index (χ1) is 8.77. The van der Waals surface area contributed by atoms with Crippen LogP contribution in [0.4, 0.5) is 4.39 Å². The smallest absolute Gasteiger partial charge is 0.131 e. The second kappa shape index (κ2) is 8.85. The number of methoxy groups -OCH3 is 1. The number of rotatable bonds is 9. The highest BCUT2D eigenvalue weighted by molar-refractivity contribution is 5.28. The van der Waals surface area contributed by atoms with Crippen molar-refractivity contribution in [1.82, 2.24) is 5.32 Å². The van der Waals surface area contributed by atoms with Gasteiger partial charge in [0.15, 0.2) is 0 Å². The molecule has 0 saturated carbocycles. The Morgan fingerprint density at radius 1 is 1.33 bits per heavy atom. The number of aliphatic hydroxyl groups excluding tert-OH is 1. The summed E-state index contributed by atoms with van der Waals surface area (Å²) in [6.45, 7) is 2.24. The van der Waals surface area contributed by atoms with Gasteiger partial charge in [-0.3, -0.25) is 0 Å². The van der Waals surface area contributed by atoms with E-state index in [0.29, 0.717) is 31.1 Å². The first-order valence-corrected chi connectivity index (χ1v) is 5.99. The zero-order valence-corrected chi connectivity index (χ0v) is 10.6. The third kappa shape index (κ3) is 5.44. The molecular weight excluding hydrogens is 237 g/mol. The van der Waals surface area contributed by atoms with Crippen molar-refractivity contribution in [2.45, 2.75) is 13.0 Å². The van der Waals surface area contributed by atoms with E-state index in [2.05, 4.69) is 5.32 Å². The quantitative estimate of drug-likeness (QED) is 0.655. The lowest BCUT2D eigenvalue weighted by Gasteiger charge is -2.07. The molecule has 0 aliphatic heterocycles. The fourth-order valence-electron chi connectivity index (χ4n) is 1.49. The normalized spacial score (nSPS) is 10.6. The summed E-state index contributed by atoms with van der Waals surface area (Å²) in [6.07, 6.45) is 0.831. The standard InChI is InChI=1S/C13H20FNO3/c1-17-12-4-3-11(13(14)9-12)10-15-5-2-7-18-8-6-16/h3-4,9,15-16H,2,5-8,10H2,1H3. The number of nitrogens with one attached hydrogen (secondary N) is 1. The van der Waals surface area contributed by atoms with E-state index in [-0.39, 0.29) is 12.4 Å². The molecule has 0 aliphatic carbocycles. The molecule has 0 amide bonds. The third-order valence-corrected chi connectivity index (χ3v) is 2.45. The molecule has 0 aliphatic rings. The summed E-state index contributed by atoms with van der Waals surface area (Å²) in [5.41, 5.74) is 0.618. The van der Waals surface area contributed by atoms with Gasteiger partial charge in [0, 0.05) is 24.8 Å². The highest BCUT2D eigenvalue weighted by Gasteiger charge is 2.03. The Hall–Kier alpha value is -1.17. The molecule has 0 aromatic heterocycles. The van der Waals surface area contributed by atoms with Crippen LogP contribution >= 0.6 is 0 Å². The molecule has 0 saturated heterocycles. The second-order valence-corrected chi connectivity index (χ2v) is 3.82. The molecule has 2 N–H and O–H groups in total. The summed E-state index contributed by atoms with van der Waals surface area (Å²) in [5.74, 6) is 0.257. The molecule has 0 radical (unpaired) electrons. The lowest BCUT2D eigenvalue weighted by Crippen LogP contribution is -2.17. The van der Waals surface area contributed by atoms with Gasteiger partial charge in [0.25, 0.3) is 0 Å². The van der Waals surface area contributed by atoms with E-state index in [4.69, 9.17) is 14.6 Å². The largest absolute Gasteiger partial charge is 0.497 e. The van der Waals surface area contributed by atoms with Gasteiger partial charge < -0.3 is 19.9 Å². The molecule has 102 valence electrons. The maximum absolute atomic E-state index is 13.5. The average molecular weight is 257 g/mol. The molecule has 0 fully saturated rings. The van der Waals surface area contributed by atoms with Crippen molar-refractivity contribution < 1.29 is 19.0 Å². The summed E-state index contributed by atoms with van der Waals surface area (Å²) in [6, 6.07) is 4.83. The second-order valence-electron chi connectivity index (χ2n) is 3.82. The van der Waals surface area contributed by atoms with Crippen LogP contribution in [0, 0.1) is 5.82 Å². The Morgan fingerprint density at radius 2 is 2.17 bits per heavy atom. The summed E-state index contributed by atoms with van der Waals surface area (Å²) in [5, 5.41) is 11.6. The lowest BCUT2D eigenvalue weighted by molar-refractivity contribution is 0.0907. The van der Waals surface area contributed by atoms with Gasteiger partial charge >= 0.3 is 0 Å². The molecule has 0 atom stereocenters. The van der Waals surface area contributed by atoms with E-state index >= 15 is 0 Å². The molecule has 5 heteroatoms. The zero-order valence-electron chi connectivity index (χ0n) is 10.6. The van der Waals surface area contributed by atoms with E-state index in [9.17, 15) is 4.39 Å². The SMILES string of the molecule is COc1ccc(CNCCCOCCO)c(F)c1. The summed E-state index contributed by atoms with van der Waals surface area (Å²) >= 11 is 0. The van der Waals surface area contributed by atoms with Crippen molar-refractivity contribution in [3.63, 3.8) is 0 Å². The third-order valence-electron chi connectivity index (χ3n) is 2.45. The van der Waals surface area contributed by atoms with Crippen molar-refractivity contribution in [3.8, 4) is 5.75 Å². The van der Waals surface area contributed by atoms with Crippen LogP contribution in [0.5, 0.6) is 5.75 Å². The van der Waals surface area contributed by atoms with Gasteiger partial charge in [0.1, 0.15) is 11.6 Å². The van der Waals surface area contributed by atoms with Crippen LogP contribution in [0.2, 0.25) is 0 Å². The highest BCUT2D eigenvalue weighted by atomic mass is 19.1. The zero-order chi connectivity index (χ0) is 13.2. The van der Waals surface area contributed by atoms with Gasteiger partial charge in [-0.1, -0.05) is 6.07 Å². The molecule has 0 bridgehead atoms. The van der Waals surface area contributed by atoms with Crippen molar-refractivity contribution in [3.05, 3.63) is 29.6 Å². The molecule has 1 rings (SSSR count). The first-order valence-electron chi connectivity index (χ1n) is 5.99. The van der Waals surface area contributed by atoms with E-state index in [0.717, 1.165) is 13.0 Å². The van der Waals surface area contributed by atoms with Gasteiger partial charge in [0.05, 0.1) is 20.3 Å². The van der Waals surface area contributed by atoms with Crippen LogP contribution in [0.3, 0.4) is 0 Å². The molecule has 0 heterocycles. The average Bonchev–Trinajstić information content (AvgIpc) is 2.39. The van der Waals surface area contributed by atoms with Gasteiger partial charge in [-0.25, -0.2) is 4.39 Å². The van der Waals surface area contributed by atoms with Gasteiger partial charge in [0.2, 0.25) is 0 Å². The fraction of sp³-hybridized carbons (Fsp3) is 0.538. The number of ether oxygens (including phenoxy) is 2. The molecule has 4 nitrogen and oxygen atoms in total. The summed E-state index contributed by atoms with van der Waals surface area (Å²) in [7, 11) is 1.51. The molecule has 1 aromatic rings. The molecule has 0 spiro atoms. The molecule has 1 aromatic carbocycles. The number of benzene rings is 1. The van der Waals surface area contributed by atoms with Crippen molar-refractivity contribution in [1.29, 1.82) is 0 Å². The van der Waals surface area contributed by atoms with E-state index < -0.39 is 0 Å². The number of aliphatic hydroxyl groups is 1. The highest BCUT2D eigenvalue weighted by Crippen LogP contribution is 2.15. The van der Waals surface area contributed by atoms with Gasteiger partial charge in [-0.2, -0.15) is 0 Å². The minimum absolute atomic E-state index is 0.0461. The maximum Gasteiger partial charge on any atom is 0.131 e. The number of halogens is 1. The van der Waals surface area contributed by atoms with Crippen molar-refractivity contribution in [2.24, 2.45) is 0 Å². The van der Waals surface area contributed by atoms with Crippen LogP contribution < -0.4 is 10.1 Å². The molecular formula is C13H20FNO3. The first kappa shape index (κ1) is 14.9. The summed E-state index contributed by atoms with van der Waals surface area (Å²) in [4.78, 5) is 0. The van der Waals surface area contributed by atoms with E-state index in [1.807, 2.05) is 0 Å². The van der Waals surface area contributed by atoms with Crippen LogP contribution in [-0.4, -0.2) is 38.6 Å². The summed E-state index contributed by atoms with van der Waals surface area (Å²) < 4.78 is 23.6. The monoisotopic (exact) mass is 257 g/mol. The topological polar surface area (TPSA) is 50.7 Å². The number of hydrogen-bond acceptors (Lipinski definition) is 4. The lowest BCUT2D eigenvalue weighted by atomic mass is 10.2. The molecule has 0 unspecified atom stereocenters. The van der Waals surface area contributed by atoms with Crippen LogP contribution in [-0.2, 0) is 11.3 Å². The van der Waals surface area contributed by atoms with Crippen molar-refractivity contribution in [2.75, 3.05) is 33.5 Å². The minimum Gasteiger partial charge on any atom is -0.497 e. The van der Waals surface area contributed by atoms with Crippen LogP contribution in [0.15, 0.2) is 18.2 Å². The van der Waals surface area contributed by atoms with Gasteiger partial charge in [-0.15, -0.1) is 0 Å². The van der Waals surface area contributed by atoms with Crippen molar-refractivity contribution >= 4 is 0 Å². The Kier molecular flexibility index (Phi) is 7.32. The number of hydrogen-bond donors (Lipinski definition) is 2. The maximum atomic E-state index is 13.5. The van der Waals surface area contributed by atoms with E-state index in [1.54, 1.807) is 12.1 Å². The molecule has 18 heavy (non-hydrogen) atoms. The van der Waals surface area contributed by atoms with Crippen LogP contribution in [0.25, 0.3) is 0 Å². The predicted molar refractivity (Wildman–Crippen MR) is 67.2 cm³/mol. The Morgan fingerprint density at radius 3 is 2.83 bits per heavy atom. The Labute approximate surface area is 107 Å². The minimum atomic E-state index is -0.265.